The number of nitrogens with zero attached hydrogens (tertiary/aromatic N) is 2. The fourth-order valence-electron chi connectivity index (χ4n) is 9.31. The summed E-state index contributed by atoms with van der Waals surface area (Å²) >= 11 is 0. The van der Waals surface area contributed by atoms with Gasteiger partial charge in [0.1, 0.15) is 0 Å². The topological polar surface area (TPSA) is 25.8 Å². The van der Waals surface area contributed by atoms with Crippen molar-refractivity contribution in [3.63, 3.8) is 0 Å². The first-order valence-corrected chi connectivity index (χ1v) is 21.9. The fourth-order valence-corrected chi connectivity index (χ4v) is 9.31. The minimum Gasteiger partial charge on any atom is -0.228 e. The molecule has 1 aromatic heterocycles. The van der Waals surface area contributed by atoms with E-state index in [9.17, 15) is 0 Å². The molecule has 1 heterocycles. The molecule has 2 nitrogen and oxygen atoms in total. The molecular formula is C62H40N2. The highest BCUT2D eigenvalue weighted by molar-refractivity contribution is 6.20. The third-order valence-electron chi connectivity index (χ3n) is 12.7. The molecule has 0 radical (unpaired) electrons. The van der Waals surface area contributed by atoms with Crippen LogP contribution in [0.2, 0.25) is 0 Å². The van der Waals surface area contributed by atoms with Gasteiger partial charge in [-0.25, -0.2) is 9.97 Å². The van der Waals surface area contributed by atoms with Gasteiger partial charge in [-0.3, -0.25) is 0 Å². The number of aromatic nitrogens is 2. The molecule has 0 fully saturated rings. The van der Waals surface area contributed by atoms with Crippen molar-refractivity contribution >= 4 is 43.1 Å². The predicted octanol–water partition coefficient (Wildman–Crippen LogP) is 16.8. The van der Waals surface area contributed by atoms with Crippen LogP contribution in [-0.2, 0) is 0 Å². The summed E-state index contributed by atoms with van der Waals surface area (Å²) in [6.45, 7) is 0. The van der Waals surface area contributed by atoms with Gasteiger partial charge in [0.2, 0.25) is 0 Å². The van der Waals surface area contributed by atoms with Crippen LogP contribution in [0, 0.1) is 0 Å². The Kier molecular flexibility index (Phi) is 9.20. The number of benzene rings is 11. The molecule has 0 aliphatic heterocycles. The maximum atomic E-state index is 5.10. The average Bonchev–Trinajstić information content (AvgIpc) is 3.38. The Bertz CT molecular complexity index is 3670. The SMILES string of the molecule is c1ccc(-c2nc(-c3ccc(-c4ccc(-c5ccc(-c6c7ccccc7cc7c6ccc6ccccc67)cc5)cc4)cc3)cc(-c3ccc(-c4ccc5ccccc5c4)cc3)n2)cc1. The Balaban J connectivity index is 0.823. The van der Waals surface area contributed by atoms with Crippen molar-refractivity contribution < 1.29 is 0 Å². The second-order valence-electron chi connectivity index (χ2n) is 16.6. The molecule has 0 aliphatic rings. The molecule has 64 heavy (non-hydrogen) atoms. The van der Waals surface area contributed by atoms with E-state index in [0.717, 1.165) is 33.6 Å². The summed E-state index contributed by atoms with van der Waals surface area (Å²) in [7, 11) is 0. The summed E-state index contributed by atoms with van der Waals surface area (Å²) in [5.41, 5.74) is 14.4. The van der Waals surface area contributed by atoms with Gasteiger partial charge in [-0.05, 0) is 106 Å². The summed E-state index contributed by atoms with van der Waals surface area (Å²) in [5, 5.41) is 10.1. The fraction of sp³-hybridized carbons (Fsp3) is 0. The predicted molar refractivity (Wildman–Crippen MR) is 270 cm³/mol. The summed E-state index contributed by atoms with van der Waals surface area (Å²) < 4.78 is 0. The van der Waals surface area contributed by atoms with Crippen molar-refractivity contribution in [2.45, 2.75) is 0 Å². The molecule has 0 N–H and O–H groups in total. The van der Waals surface area contributed by atoms with E-state index < -0.39 is 0 Å². The van der Waals surface area contributed by atoms with Crippen LogP contribution in [0.15, 0.2) is 243 Å². The third kappa shape index (κ3) is 6.88. The molecular weight excluding hydrogens is 773 g/mol. The minimum atomic E-state index is 0.707. The molecule has 0 unspecified atom stereocenters. The Hall–Kier alpha value is -8.46. The molecule has 11 aromatic carbocycles. The first kappa shape index (κ1) is 37.3. The molecule has 298 valence electrons. The summed E-state index contributed by atoms with van der Waals surface area (Å²) in [6, 6.07) is 87.2. The van der Waals surface area contributed by atoms with Crippen molar-refractivity contribution in [1.82, 2.24) is 9.97 Å². The summed E-state index contributed by atoms with van der Waals surface area (Å²) in [5.74, 6) is 0.707. The molecule has 12 rings (SSSR count). The van der Waals surface area contributed by atoms with Crippen LogP contribution >= 0.6 is 0 Å². The lowest BCUT2D eigenvalue weighted by molar-refractivity contribution is 1.18. The van der Waals surface area contributed by atoms with Crippen molar-refractivity contribution in [3.8, 4) is 78.4 Å². The molecule has 0 bridgehead atoms. The molecule has 2 heteroatoms. The Morgan fingerprint density at radius 1 is 0.203 bits per heavy atom. The van der Waals surface area contributed by atoms with Gasteiger partial charge in [-0.15, -0.1) is 0 Å². The number of rotatable bonds is 7. The van der Waals surface area contributed by atoms with E-state index in [0.29, 0.717) is 5.82 Å². The van der Waals surface area contributed by atoms with E-state index in [1.165, 1.54) is 82.0 Å². The number of hydrogen-bond donors (Lipinski definition) is 0. The van der Waals surface area contributed by atoms with Crippen molar-refractivity contribution in [1.29, 1.82) is 0 Å². The van der Waals surface area contributed by atoms with E-state index in [1.807, 2.05) is 18.2 Å². The monoisotopic (exact) mass is 812 g/mol. The first-order valence-electron chi connectivity index (χ1n) is 21.9. The zero-order chi connectivity index (χ0) is 42.4. The highest BCUT2D eigenvalue weighted by Crippen LogP contribution is 2.40. The second-order valence-corrected chi connectivity index (χ2v) is 16.6. The lowest BCUT2D eigenvalue weighted by atomic mass is 9.89. The van der Waals surface area contributed by atoms with Crippen LogP contribution < -0.4 is 0 Å². The Morgan fingerprint density at radius 2 is 0.641 bits per heavy atom. The zero-order valence-corrected chi connectivity index (χ0v) is 35.0. The zero-order valence-electron chi connectivity index (χ0n) is 35.0. The van der Waals surface area contributed by atoms with Crippen LogP contribution in [0.1, 0.15) is 0 Å². The van der Waals surface area contributed by atoms with Gasteiger partial charge in [0, 0.05) is 16.7 Å². The average molecular weight is 813 g/mol. The van der Waals surface area contributed by atoms with Crippen LogP contribution in [0.3, 0.4) is 0 Å². The van der Waals surface area contributed by atoms with Gasteiger partial charge in [-0.2, -0.15) is 0 Å². The maximum Gasteiger partial charge on any atom is 0.160 e. The van der Waals surface area contributed by atoms with Gasteiger partial charge < -0.3 is 0 Å². The van der Waals surface area contributed by atoms with Crippen molar-refractivity contribution in [2.24, 2.45) is 0 Å². The number of fused-ring (bicyclic) bond motifs is 5. The van der Waals surface area contributed by atoms with Crippen LogP contribution in [-0.4, -0.2) is 9.97 Å². The first-order chi connectivity index (χ1) is 31.7. The Morgan fingerprint density at radius 3 is 1.25 bits per heavy atom. The van der Waals surface area contributed by atoms with Crippen molar-refractivity contribution in [2.75, 3.05) is 0 Å². The summed E-state index contributed by atoms with van der Waals surface area (Å²) in [6.07, 6.45) is 0. The van der Waals surface area contributed by atoms with E-state index in [1.54, 1.807) is 0 Å². The van der Waals surface area contributed by atoms with Crippen molar-refractivity contribution in [3.05, 3.63) is 243 Å². The molecule has 12 aromatic rings. The van der Waals surface area contributed by atoms with Crippen LogP contribution in [0.25, 0.3) is 122 Å². The maximum absolute atomic E-state index is 5.10. The molecule has 0 amide bonds. The van der Waals surface area contributed by atoms with E-state index in [4.69, 9.17) is 9.97 Å². The van der Waals surface area contributed by atoms with Gasteiger partial charge in [0.05, 0.1) is 11.4 Å². The van der Waals surface area contributed by atoms with Gasteiger partial charge in [0.25, 0.3) is 0 Å². The molecule has 0 saturated heterocycles. The van der Waals surface area contributed by atoms with Gasteiger partial charge >= 0.3 is 0 Å². The van der Waals surface area contributed by atoms with Crippen LogP contribution in [0.4, 0.5) is 0 Å². The van der Waals surface area contributed by atoms with E-state index in [-0.39, 0.29) is 0 Å². The standard InChI is InChI=1S/C62H40N2/c1-2-12-51(13-3-1)62-63-59(40-60(64-62)49-31-24-46(25-32-49)53-35-28-41-10-4-5-14-52(41)38-53)48-29-22-44(23-30-48)42-18-20-43(21-19-42)45-26-33-50(34-27-45)61-56-17-9-7-15-54(56)39-58-55-16-8-6-11-47(55)36-37-57(58)61/h1-40H. The van der Waals surface area contributed by atoms with Gasteiger partial charge in [0.15, 0.2) is 5.82 Å². The summed E-state index contributed by atoms with van der Waals surface area (Å²) in [4.78, 5) is 10.2. The van der Waals surface area contributed by atoms with E-state index in [2.05, 4.69) is 224 Å². The lowest BCUT2D eigenvalue weighted by Gasteiger charge is -2.14. The smallest absolute Gasteiger partial charge is 0.160 e. The molecule has 0 spiro atoms. The van der Waals surface area contributed by atoms with Gasteiger partial charge in [-0.1, -0.05) is 224 Å². The molecule has 0 atom stereocenters. The third-order valence-corrected chi connectivity index (χ3v) is 12.7. The Labute approximate surface area is 372 Å². The number of hydrogen-bond acceptors (Lipinski definition) is 2. The molecule has 0 saturated carbocycles. The molecule has 0 aliphatic carbocycles. The largest absolute Gasteiger partial charge is 0.228 e. The van der Waals surface area contributed by atoms with E-state index >= 15 is 0 Å². The lowest BCUT2D eigenvalue weighted by Crippen LogP contribution is -1.96. The highest BCUT2D eigenvalue weighted by Gasteiger charge is 2.14. The highest BCUT2D eigenvalue weighted by atomic mass is 14.9. The van der Waals surface area contributed by atoms with Crippen LogP contribution in [0.5, 0.6) is 0 Å². The minimum absolute atomic E-state index is 0.707. The normalized spacial score (nSPS) is 11.4. The quantitative estimate of drug-likeness (QED) is 0.118. The second kappa shape index (κ2) is 15.8.